The standard InChI is InChI=1S/C22H24N4O4/c1-3-4-9-19-23-17-7-5-6-8-18(17)26(19)14-20(27)24-25-21(28)15-10-12-16(13-11-15)22(29)30-2/h5-8,10-13H,3-4,9,14H2,1-2H3,(H,24,27)(H,25,28). The molecule has 8 nitrogen and oxygen atoms in total. The Labute approximate surface area is 174 Å². The van der Waals surface area contributed by atoms with Crippen molar-refractivity contribution in [1.29, 1.82) is 0 Å². The third-order valence-corrected chi connectivity index (χ3v) is 4.67. The average Bonchev–Trinajstić information content (AvgIpc) is 3.12. The minimum atomic E-state index is -0.485. The molecule has 156 valence electrons. The lowest BCUT2D eigenvalue weighted by Crippen LogP contribution is -2.43. The van der Waals surface area contributed by atoms with Crippen LogP contribution in [0.3, 0.4) is 0 Å². The van der Waals surface area contributed by atoms with Crippen molar-refractivity contribution in [3.63, 3.8) is 0 Å². The van der Waals surface area contributed by atoms with E-state index in [2.05, 4.69) is 27.5 Å². The van der Waals surface area contributed by atoms with Crippen LogP contribution >= 0.6 is 0 Å². The zero-order chi connectivity index (χ0) is 21.5. The molecule has 3 rings (SSSR count). The SMILES string of the molecule is CCCCc1nc2ccccc2n1CC(=O)NNC(=O)c1ccc(C(=O)OC)cc1. The number of hydrogen-bond donors (Lipinski definition) is 2. The van der Waals surface area contributed by atoms with Crippen LogP contribution in [-0.4, -0.2) is 34.4 Å². The highest BCUT2D eigenvalue weighted by molar-refractivity contribution is 5.97. The molecule has 0 aliphatic heterocycles. The highest BCUT2D eigenvalue weighted by Gasteiger charge is 2.14. The summed E-state index contributed by atoms with van der Waals surface area (Å²) in [4.78, 5) is 40.8. The first-order valence-corrected chi connectivity index (χ1v) is 9.75. The van der Waals surface area contributed by atoms with Crippen LogP contribution in [-0.2, 0) is 22.5 Å². The smallest absolute Gasteiger partial charge is 0.337 e. The van der Waals surface area contributed by atoms with Gasteiger partial charge in [-0.05, 0) is 42.8 Å². The van der Waals surface area contributed by atoms with Crippen molar-refractivity contribution in [2.75, 3.05) is 7.11 Å². The summed E-state index contributed by atoms with van der Waals surface area (Å²) in [5.41, 5.74) is 7.19. The number of esters is 1. The van der Waals surface area contributed by atoms with Gasteiger partial charge in [0, 0.05) is 12.0 Å². The molecule has 0 bridgehead atoms. The molecule has 30 heavy (non-hydrogen) atoms. The van der Waals surface area contributed by atoms with Gasteiger partial charge in [-0.25, -0.2) is 9.78 Å². The Morgan fingerprint density at radius 1 is 1.00 bits per heavy atom. The van der Waals surface area contributed by atoms with E-state index < -0.39 is 11.9 Å². The van der Waals surface area contributed by atoms with Gasteiger partial charge < -0.3 is 9.30 Å². The fourth-order valence-corrected chi connectivity index (χ4v) is 3.08. The van der Waals surface area contributed by atoms with Crippen molar-refractivity contribution in [1.82, 2.24) is 20.4 Å². The van der Waals surface area contributed by atoms with Gasteiger partial charge in [0.15, 0.2) is 0 Å². The van der Waals surface area contributed by atoms with Gasteiger partial charge in [0.2, 0.25) is 0 Å². The van der Waals surface area contributed by atoms with E-state index in [9.17, 15) is 14.4 Å². The Kier molecular flexibility index (Phi) is 6.79. The molecular formula is C22H24N4O4. The highest BCUT2D eigenvalue weighted by Crippen LogP contribution is 2.17. The summed E-state index contributed by atoms with van der Waals surface area (Å²) in [5, 5.41) is 0. The van der Waals surface area contributed by atoms with Crippen LogP contribution in [0.1, 0.15) is 46.3 Å². The maximum absolute atomic E-state index is 12.5. The number of para-hydroxylation sites is 2. The molecular weight excluding hydrogens is 384 g/mol. The van der Waals surface area contributed by atoms with Gasteiger partial charge in [-0.2, -0.15) is 0 Å². The number of rotatable bonds is 7. The zero-order valence-corrected chi connectivity index (χ0v) is 17.0. The fraction of sp³-hybridized carbons (Fsp3) is 0.273. The number of hydrogen-bond acceptors (Lipinski definition) is 5. The van der Waals surface area contributed by atoms with Crippen LogP contribution in [0.15, 0.2) is 48.5 Å². The monoisotopic (exact) mass is 408 g/mol. The average molecular weight is 408 g/mol. The normalized spacial score (nSPS) is 10.6. The number of carbonyl (C=O) groups is 3. The summed E-state index contributed by atoms with van der Waals surface area (Å²) in [5.74, 6) is -0.489. The lowest BCUT2D eigenvalue weighted by atomic mass is 10.1. The molecule has 3 aromatic rings. The fourth-order valence-electron chi connectivity index (χ4n) is 3.08. The van der Waals surface area contributed by atoms with E-state index in [0.29, 0.717) is 11.1 Å². The first kappa shape index (κ1) is 21.0. The third kappa shape index (κ3) is 4.83. The lowest BCUT2D eigenvalue weighted by Gasteiger charge is -2.11. The molecule has 1 aromatic heterocycles. The predicted octanol–water partition coefficient (Wildman–Crippen LogP) is 2.63. The topological polar surface area (TPSA) is 102 Å². The number of aromatic nitrogens is 2. The van der Waals surface area contributed by atoms with Gasteiger partial charge in [0.25, 0.3) is 11.8 Å². The Bertz CT molecular complexity index is 1060. The zero-order valence-electron chi connectivity index (χ0n) is 17.0. The number of amides is 2. The number of unbranched alkanes of at least 4 members (excludes halogenated alkanes) is 1. The summed E-state index contributed by atoms with van der Waals surface area (Å²) < 4.78 is 6.50. The number of carbonyl (C=O) groups excluding carboxylic acids is 3. The van der Waals surface area contributed by atoms with E-state index >= 15 is 0 Å². The number of aryl methyl sites for hydroxylation is 1. The van der Waals surface area contributed by atoms with Gasteiger partial charge >= 0.3 is 5.97 Å². The molecule has 0 spiro atoms. The molecule has 1 heterocycles. The Hall–Kier alpha value is -3.68. The predicted molar refractivity (Wildman–Crippen MR) is 112 cm³/mol. The van der Waals surface area contributed by atoms with Crippen molar-refractivity contribution in [2.24, 2.45) is 0 Å². The summed E-state index contributed by atoms with van der Waals surface area (Å²) in [6.45, 7) is 2.15. The number of imidazole rings is 1. The van der Waals surface area contributed by atoms with E-state index in [4.69, 9.17) is 0 Å². The first-order valence-electron chi connectivity index (χ1n) is 9.75. The summed E-state index contributed by atoms with van der Waals surface area (Å²) in [6.07, 6.45) is 2.78. The van der Waals surface area contributed by atoms with E-state index in [1.54, 1.807) is 0 Å². The maximum Gasteiger partial charge on any atom is 0.337 e. The Morgan fingerprint density at radius 2 is 1.70 bits per heavy atom. The van der Waals surface area contributed by atoms with Crippen LogP contribution in [0.4, 0.5) is 0 Å². The molecule has 0 fully saturated rings. The molecule has 0 atom stereocenters. The molecule has 0 radical (unpaired) electrons. The van der Waals surface area contributed by atoms with E-state index in [1.165, 1.54) is 31.4 Å². The first-order chi connectivity index (χ1) is 14.5. The number of nitrogens with one attached hydrogen (secondary N) is 2. The van der Waals surface area contributed by atoms with Gasteiger partial charge in [-0.1, -0.05) is 25.5 Å². The van der Waals surface area contributed by atoms with Crippen molar-refractivity contribution >= 4 is 28.8 Å². The lowest BCUT2D eigenvalue weighted by molar-refractivity contribution is -0.122. The quantitative estimate of drug-likeness (QED) is 0.462. The van der Waals surface area contributed by atoms with Crippen molar-refractivity contribution in [3.05, 3.63) is 65.5 Å². The van der Waals surface area contributed by atoms with E-state index in [0.717, 1.165) is 36.1 Å². The molecule has 0 saturated carbocycles. The second kappa shape index (κ2) is 9.69. The second-order valence-corrected chi connectivity index (χ2v) is 6.78. The third-order valence-electron chi connectivity index (χ3n) is 4.67. The second-order valence-electron chi connectivity index (χ2n) is 6.78. The van der Waals surface area contributed by atoms with E-state index in [-0.39, 0.29) is 12.5 Å². The number of fused-ring (bicyclic) bond motifs is 1. The summed E-state index contributed by atoms with van der Waals surface area (Å²) in [7, 11) is 1.29. The van der Waals surface area contributed by atoms with Crippen LogP contribution in [0.25, 0.3) is 11.0 Å². The van der Waals surface area contributed by atoms with Crippen molar-refractivity contribution < 1.29 is 19.1 Å². The van der Waals surface area contributed by atoms with Crippen LogP contribution in [0.2, 0.25) is 0 Å². The van der Waals surface area contributed by atoms with Crippen molar-refractivity contribution in [2.45, 2.75) is 32.7 Å². The number of methoxy groups -OCH3 is 1. The van der Waals surface area contributed by atoms with E-state index in [1.807, 2.05) is 28.8 Å². The largest absolute Gasteiger partial charge is 0.465 e. The van der Waals surface area contributed by atoms with Gasteiger partial charge in [0.1, 0.15) is 12.4 Å². The summed E-state index contributed by atoms with van der Waals surface area (Å²) >= 11 is 0. The number of hydrazine groups is 1. The minimum Gasteiger partial charge on any atom is -0.465 e. The van der Waals surface area contributed by atoms with Crippen LogP contribution in [0.5, 0.6) is 0 Å². The highest BCUT2D eigenvalue weighted by atomic mass is 16.5. The molecule has 2 amide bonds. The Morgan fingerprint density at radius 3 is 2.40 bits per heavy atom. The maximum atomic E-state index is 12.5. The number of ether oxygens (including phenoxy) is 1. The molecule has 0 aliphatic rings. The van der Waals surface area contributed by atoms with Crippen molar-refractivity contribution in [3.8, 4) is 0 Å². The Balaban J connectivity index is 1.64. The molecule has 0 saturated heterocycles. The molecule has 0 aliphatic carbocycles. The van der Waals surface area contributed by atoms with Crippen LogP contribution < -0.4 is 10.9 Å². The molecule has 0 unspecified atom stereocenters. The molecule has 2 N–H and O–H groups in total. The molecule has 8 heteroatoms. The molecule has 2 aromatic carbocycles. The van der Waals surface area contributed by atoms with Gasteiger partial charge in [-0.3, -0.25) is 20.4 Å². The van der Waals surface area contributed by atoms with Crippen LogP contribution in [0, 0.1) is 0 Å². The minimum absolute atomic E-state index is 0.0428. The summed E-state index contributed by atoms with van der Waals surface area (Å²) in [6, 6.07) is 13.6. The number of benzene rings is 2. The van der Waals surface area contributed by atoms with Gasteiger partial charge in [0.05, 0.1) is 23.7 Å². The number of nitrogens with zero attached hydrogens (tertiary/aromatic N) is 2. The van der Waals surface area contributed by atoms with Gasteiger partial charge in [-0.15, -0.1) is 0 Å².